The van der Waals surface area contributed by atoms with Gasteiger partial charge in [0.15, 0.2) is 5.82 Å². The van der Waals surface area contributed by atoms with E-state index >= 15 is 0 Å². The van der Waals surface area contributed by atoms with Crippen molar-refractivity contribution in [3.05, 3.63) is 104 Å². The second-order valence-electron chi connectivity index (χ2n) is 20.6. The molecule has 0 saturated carbocycles. The number of unbranched alkanes of at least 4 members (excludes halogenated alkanes) is 20. The highest BCUT2D eigenvalue weighted by molar-refractivity contribution is 7.29. The summed E-state index contributed by atoms with van der Waals surface area (Å²) in [6.45, 7) is 13.6. The molecule has 3 aromatic carbocycles. The maximum absolute atomic E-state index is 10.7. The molecule has 0 aliphatic carbocycles. The van der Waals surface area contributed by atoms with Gasteiger partial charge in [-0.2, -0.15) is 15.8 Å². The number of hydrogen-bond donors (Lipinski definition) is 0. The number of aryl methyl sites for hydroxylation is 6. The normalized spacial score (nSPS) is 11.3. The van der Waals surface area contributed by atoms with E-state index in [1.54, 1.807) is 12.1 Å². The maximum atomic E-state index is 10.7. The highest BCUT2D eigenvalue weighted by Crippen LogP contribution is 2.43. The van der Waals surface area contributed by atoms with Crippen molar-refractivity contribution >= 4 is 32.1 Å². The molecule has 72 heavy (non-hydrogen) atoms. The summed E-state index contributed by atoms with van der Waals surface area (Å²) in [7, 11) is 0. The van der Waals surface area contributed by atoms with Gasteiger partial charge in [-0.3, -0.25) is 0 Å². The van der Waals surface area contributed by atoms with Gasteiger partial charge in [-0.05, 0) is 147 Å². The summed E-state index contributed by atoms with van der Waals surface area (Å²) in [5.41, 5.74) is 13.1. The molecule has 0 amide bonds. The maximum Gasteiger partial charge on any atom is 0.163 e. The van der Waals surface area contributed by atoms with Crippen molar-refractivity contribution in [3.8, 4) is 62.6 Å². The third kappa shape index (κ3) is 15.9. The van der Waals surface area contributed by atoms with Gasteiger partial charge in [0.05, 0.1) is 51.8 Å². The summed E-state index contributed by atoms with van der Waals surface area (Å²) < 4.78 is 2.72. The summed E-state index contributed by atoms with van der Waals surface area (Å²) >= 11 is 3.81. The van der Waals surface area contributed by atoms with Gasteiger partial charge >= 0.3 is 0 Å². The van der Waals surface area contributed by atoms with E-state index in [4.69, 9.17) is 9.97 Å². The smallest absolute Gasteiger partial charge is 0.163 e. The Bertz CT molecular complexity index is 2720. The minimum absolute atomic E-state index is 0.244. The summed E-state index contributed by atoms with van der Waals surface area (Å²) in [4.78, 5) is 13.6. The van der Waals surface area contributed by atoms with Gasteiger partial charge < -0.3 is 0 Å². The highest BCUT2D eigenvalue weighted by Gasteiger charge is 2.23. The van der Waals surface area contributed by atoms with Crippen LogP contribution in [-0.4, -0.2) is 9.97 Å². The molecule has 0 aliphatic heterocycles. The van der Waals surface area contributed by atoms with E-state index in [9.17, 15) is 15.8 Å². The predicted octanol–water partition coefficient (Wildman–Crippen LogP) is 20.3. The van der Waals surface area contributed by atoms with Crippen LogP contribution in [0, 0.1) is 47.8 Å². The average Bonchev–Trinajstić information content (AvgIpc) is 3.95. The van der Waals surface area contributed by atoms with Gasteiger partial charge in [0.1, 0.15) is 0 Å². The van der Waals surface area contributed by atoms with Gasteiger partial charge in [-0.25, -0.2) is 9.97 Å². The lowest BCUT2D eigenvalue weighted by Gasteiger charge is -2.19. The topological polar surface area (TPSA) is 97.1 Å². The average molecular weight is 999 g/mol. The molecule has 0 N–H and O–H groups in total. The molecule has 0 bridgehead atoms. The van der Waals surface area contributed by atoms with E-state index in [-0.39, 0.29) is 16.7 Å². The van der Waals surface area contributed by atoms with Gasteiger partial charge in [-0.15, -0.1) is 22.7 Å². The molecule has 0 radical (unpaired) electrons. The van der Waals surface area contributed by atoms with Crippen LogP contribution in [0.2, 0.25) is 0 Å². The molecule has 0 unspecified atom stereocenters. The van der Waals surface area contributed by atoms with Crippen molar-refractivity contribution in [2.24, 2.45) is 0 Å². The van der Waals surface area contributed by atoms with Gasteiger partial charge in [0.2, 0.25) is 0 Å². The Morgan fingerprint density at radius 3 is 1.26 bits per heavy atom. The van der Waals surface area contributed by atoms with Crippen molar-refractivity contribution < 1.29 is 0 Å². The van der Waals surface area contributed by atoms with Gasteiger partial charge in [0.25, 0.3) is 0 Å². The van der Waals surface area contributed by atoms with Crippen LogP contribution in [0.4, 0.5) is 0 Å². The fourth-order valence-corrected chi connectivity index (χ4v) is 12.9. The Kier molecular flexibility index (Phi) is 23.5. The monoisotopic (exact) mass is 998 g/mol. The number of hydrogen-bond acceptors (Lipinski definition) is 7. The number of thiophene rings is 2. The molecule has 6 rings (SSSR count). The molecule has 0 aliphatic rings. The molecular formula is C65H83N5S2. The quantitative estimate of drug-likeness (QED) is 0.0392. The van der Waals surface area contributed by atoms with Crippen LogP contribution >= 0.6 is 22.7 Å². The summed E-state index contributed by atoms with van der Waals surface area (Å²) in [5, 5.41) is 31.4. The van der Waals surface area contributed by atoms with Crippen LogP contribution in [0.25, 0.3) is 53.7 Å². The van der Waals surface area contributed by atoms with Gasteiger partial charge in [0, 0.05) is 30.3 Å². The molecule has 3 aromatic heterocycles. The number of nitrogens with zero attached hydrogens (tertiary/aromatic N) is 5. The van der Waals surface area contributed by atoms with Crippen molar-refractivity contribution in [2.45, 2.75) is 221 Å². The molecule has 7 heteroatoms. The van der Waals surface area contributed by atoms with E-state index in [1.165, 1.54) is 181 Å². The van der Waals surface area contributed by atoms with Crippen LogP contribution < -0.4 is 0 Å². The first kappa shape index (κ1) is 56.2. The lowest BCUT2D eigenvalue weighted by Crippen LogP contribution is -2.05. The number of rotatable bonds is 32. The Balaban J connectivity index is 1.59. The largest absolute Gasteiger partial charge is 0.228 e. The molecule has 6 aromatic rings. The van der Waals surface area contributed by atoms with E-state index in [1.807, 2.05) is 22.7 Å². The minimum Gasteiger partial charge on any atom is -0.228 e. The van der Waals surface area contributed by atoms with Crippen molar-refractivity contribution in [3.63, 3.8) is 0 Å². The first-order valence-corrected chi connectivity index (χ1v) is 30.0. The first-order valence-electron chi connectivity index (χ1n) is 28.3. The molecule has 0 fully saturated rings. The van der Waals surface area contributed by atoms with Crippen molar-refractivity contribution in [2.75, 3.05) is 0 Å². The van der Waals surface area contributed by atoms with E-state index in [0.717, 1.165) is 73.9 Å². The van der Waals surface area contributed by atoms with Crippen LogP contribution in [-0.2, 0) is 25.7 Å². The third-order valence-corrected chi connectivity index (χ3v) is 16.9. The zero-order valence-electron chi connectivity index (χ0n) is 45.0. The fraction of sp³-hybridized carbons (Fsp3) is 0.523. The third-order valence-electron chi connectivity index (χ3n) is 14.7. The van der Waals surface area contributed by atoms with Crippen molar-refractivity contribution in [1.82, 2.24) is 9.97 Å². The van der Waals surface area contributed by atoms with E-state index < -0.39 is 0 Å². The molecular weight excluding hydrogens is 915 g/mol. The number of benzene rings is 3. The lowest BCUT2D eigenvalue weighted by molar-refractivity contribution is 0.605. The zero-order valence-corrected chi connectivity index (χ0v) is 46.7. The standard InChI is InChI=1S/C65H83N5S2/c1-7-11-15-19-23-27-31-50-39-56(51(35-47(50)5)32-28-24-20-16-12-8-2)59-42-60(70-65(69-59)64-54(45-67)37-49(44-66)38-55(64)46-68)57-40-53(34-30-26-22-18-14-10-4)58(41-52(57)33-29-25-21-17-13-9-3)61-43-63-62(72-61)36-48(6)71-63/h35-43H,7-34H2,1-6H3. The molecule has 0 atom stereocenters. The van der Waals surface area contributed by atoms with Crippen molar-refractivity contribution in [1.29, 1.82) is 15.8 Å². The Morgan fingerprint density at radius 1 is 0.403 bits per heavy atom. The lowest BCUT2D eigenvalue weighted by atomic mass is 9.88. The zero-order chi connectivity index (χ0) is 51.1. The number of aromatic nitrogens is 2. The highest BCUT2D eigenvalue weighted by atomic mass is 32.1. The van der Waals surface area contributed by atoms with E-state index in [0.29, 0.717) is 11.4 Å². The SMILES string of the molecule is CCCCCCCCc1cc(-c2cc(-c3cc(CCCCCCCC)c(-c4cc5sc(C)cc5s4)cc3CCCCCCCC)nc(-c3c(C#N)cc(C#N)cc3C#N)n2)c(CCCCCCCC)cc1C. The Hall–Kier alpha value is -5.13. The van der Waals surface area contributed by atoms with Crippen LogP contribution in [0.1, 0.15) is 231 Å². The van der Waals surface area contributed by atoms with Crippen LogP contribution in [0.15, 0.2) is 54.6 Å². The van der Waals surface area contributed by atoms with Crippen LogP contribution in [0.5, 0.6) is 0 Å². The number of fused-ring (bicyclic) bond motifs is 1. The fourth-order valence-electron chi connectivity index (χ4n) is 10.5. The second-order valence-corrected chi connectivity index (χ2v) is 23.0. The summed E-state index contributed by atoms with van der Waals surface area (Å²) in [6, 6.07) is 26.9. The molecule has 380 valence electrons. The molecule has 3 heterocycles. The molecule has 0 saturated heterocycles. The minimum atomic E-state index is 0.244. The first-order chi connectivity index (χ1) is 35.2. The summed E-state index contributed by atoms with van der Waals surface area (Å²) in [5.74, 6) is 0.365. The summed E-state index contributed by atoms with van der Waals surface area (Å²) in [6.07, 6.45) is 33.4. The van der Waals surface area contributed by atoms with E-state index in [2.05, 4.69) is 102 Å². The molecule has 5 nitrogen and oxygen atoms in total. The van der Waals surface area contributed by atoms with Gasteiger partial charge in [-0.1, -0.05) is 162 Å². The Morgan fingerprint density at radius 2 is 0.806 bits per heavy atom. The second kappa shape index (κ2) is 30.2. The Labute approximate surface area is 443 Å². The van der Waals surface area contributed by atoms with Crippen LogP contribution in [0.3, 0.4) is 0 Å². The molecule has 0 spiro atoms. The number of nitriles is 3. The predicted molar refractivity (Wildman–Crippen MR) is 309 cm³/mol.